The predicted octanol–water partition coefficient (Wildman–Crippen LogP) is 0.388. The molecule has 1 fully saturated rings. The van der Waals surface area contributed by atoms with Crippen LogP contribution in [0.5, 0.6) is 0 Å². The van der Waals surface area contributed by atoms with Crippen molar-refractivity contribution in [3.05, 3.63) is 0 Å². The highest BCUT2D eigenvalue weighted by Crippen LogP contribution is 2.11. The van der Waals surface area contributed by atoms with Gasteiger partial charge in [-0.25, -0.2) is 8.42 Å². The molecule has 1 aliphatic heterocycles. The van der Waals surface area contributed by atoms with Gasteiger partial charge in [0.25, 0.3) is 0 Å². The highest BCUT2D eigenvalue weighted by atomic mass is 35.5. The van der Waals surface area contributed by atoms with Crippen LogP contribution >= 0.6 is 24.2 Å². The number of piperazine rings is 1. The molecule has 10 heteroatoms. The Kier molecular flexibility index (Phi) is 11.5. The summed E-state index contributed by atoms with van der Waals surface area (Å²) in [6.45, 7) is 5.38. The van der Waals surface area contributed by atoms with Gasteiger partial charge in [0.1, 0.15) is 0 Å². The van der Waals surface area contributed by atoms with Crippen molar-refractivity contribution in [1.82, 2.24) is 9.21 Å². The van der Waals surface area contributed by atoms with Crippen molar-refractivity contribution < 1.29 is 17.9 Å². The summed E-state index contributed by atoms with van der Waals surface area (Å²) in [5.41, 5.74) is 5.90. The fourth-order valence-corrected chi connectivity index (χ4v) is 4.08. The van der Waals surface area contributed by atoms with Crippen molar-refractivity contribution in [2.75, 3.05) is 50.5 Å². The predicted molar refractivity (Wildman–Crippen MR) is 101 cm³/mol. The van der Waals surface area contributed by atoms with Gasteiger partial charge >= 0.3 is 0 Å². The summed E-state index contributed by atoms with van der Waals surface area (Å²) in [6.07, 6.45) is 2.64. The Balaban J connectivity index is 0.00000529. The first kappa shape index (κ1) is 23.9. The quantitative estimate of drug-likeness (QED) is 0.598. The number of thioether (sulfide) groups is 1. The number of carbonyl (C=O) groups excluding carboxylic acids is 1. The molecular formula is C14H30ClN3O4S2. The Bertz CT molecular complexity index is 469. The molecule has 0 radical (unpaired) electrons. The normalized spacial score (nSPS) is 17.6. The molecule has 7 nitrogen and oxygen atoms in total. The zero-order chi connectivity index (χ0) is 17.5. The number of nitrogens with zero attached hydrogens (tertiary/aromatic N) is 2. The van der Waals surface area contributed by atoms with Crippen LogP contribution in [0.15, 0.2) is 0 Å². The van der Waals surface area contributed by atoms with Crippen molar-refractivity contribution in [2.24, 2.45) is 5.73 Å². The van der Waals surface area contributed by atoms with Crippen molar-refractivity contribution >= 4 is 40.1 Å². The first-order valence-electron chi connectivity index (χ1n) is 7.90. The molecule has 1 heterocycles. The minimum absolute atomic E-state index is 0. The number of amides is 1. The van der Waals surface area contributed by atoms with Gasteiger partial charge in [0.15, 0.2) is 0 Å². The summed E-state index contributed by atoms with van der Waals surface area (Å²) in [4.78, 5) is 13.9. The van der Waals surface area contributed by atoms with Crippen LogP contribution in [0.1, 0.15) is 20.3 Å². The highest BCUT2D eigenvalue weighted by molar-refractivity contribution is 7.98. The summed E-state index contributed by atoms with van der Waals surface area (Å²) in [6, 6.07) is -0.495. The van der Waals surface area contributed by atoms with E-state index in [-0.39, 0.29) is 36.8 Å². The van der Waals surface area contributed by atoms with E-state index in [1.165, 1.54) is 4.31 Å². The average Bonchev–Trinajstić information content (AvgIpc) is 2.51. The second kappa shape index (κ2) is 11.5. The SMILES string of the molecule is CSCC[C@H](N)C(=O)N1CCN(S(=O)(=O)CCOC(C)C)CC1.Cl. The number of hydrogen-bond donors (Lipinski definition) is 1. The molecule has 1 saturated heterocycles. The molecule has 0 aromatic rings. The fraction of sp³-hybridized carbons (Fsp3) is 0.929. The minimum atomic E-state index is -3.33. The van der Waals surface area contributed by atoms with E-state index in [4.69, 9.17) is 10.5 Å². The van der Waals surface area contributed by atoms with Crippen molar-refractivity contribution in [1.29, 1.82) is 0 Å². The standard InChI is InChI=1S/C14H29N3O4S2.ClH/c1-12(2)21-9-11-23(19,20)17-7-5-16(6-8-17)14(18)13(15)4-10-22-3;/h12-13H,4-11,15H2,1-3H3;1H/t13-;/m0./s1. The monoisotopic (exact) mass is 403 g/mol. The lowest BCUT2D eigenvalue weighted by atomic mass is 10.2. The van der Waals surface area contributed by atoms with Crippen LogP contribution in [-0.4, -0.2) is 86.2 Å². The van der Waals surface area contributed by atoms with Gasteiger partial charge in [0, 0.05) is 26.2 Å². The molecule has 0 spiro atoms. The van der Waals surface area contributed by atoms with Crippen LogP contribution in [0, 0.1) is 0 Å². The first-order chi connectivity index (χ1) is 10.8. The molecule has 0 aromatic carbocycles. The Morgan fingerprint density at radius 3 is 2.33 bits per heavy atom. The van der Waals surface area contributed by atoms with Crippen molar-refractivity contribution in [2.45, 2.75) is 32.4 Å². The van der Waals surface area contributed by atoms with E-state index >= 15 is 0 Å². The summed E-state index contributed by atoms with van der Waals surface area (Å²) in [7, 11) is -3.33. The number of halogens is 1. The van der Waals surface area contributed by atoms with Gasteiger partial charge in [-0.15, -0.1) is 12.4 Å². The highest BCUT2D eigenvalue weighted by Gasteiger charge is 2.30. The minimum Gasteiger partial charge on any atom is -0.378 e. The fourth-order valence-electron chi connectivity index (χ4n) is 2.31. The van der Waals surface area contributed by atoms with E-state index in [1.807, 2.05) is 20.1 Å². The van der Waals surface area contributed by atoms with Crippen LogP contribution in [0.2, 0.25) is 0 Å². The lowest BCUT2D eigenvalue weighted by Gasteiger charge is -2.35. The van der Waals surface area contributed by atoms with E-state index < -0.39 is 16.1 Å². The number of nitrogens with two attached hydrogens (primary N) is 1. The molecule has 1 amide bonds. The van der Waals surface area contributed by atoms with E-state index in [9.17, 15) is 13.2 Å². The zero-order valence-corrected chi connectivity index (χ0v) is 17.1. The Labute approximate surface area is 156 Å². The Hall–Kier alpha value is -0.0600. The molecule has 0 bridgehead atoms. The number of ether oxygens (including phenoxy) is 1. The largest absolute Gasteiger partial charge is 0.378 e. The third-order valence-corrected chi connectivity index (χ3v) is 6.16. The van der Waals surface area contributed by atoms with Gasteiger partial charge in [-0.3, -0.25) is 4.79 Å². The van der Waals surface area contributed by atoms with Gasteiger partial charge in [0.05, 0.1) is 24.5 Å². The number of sulfonamides is 1. The third-order valence-electron chi connectivity index (χ3n) is 3.69. The molecule has 1 atom stereocenters. The number of hydrogen-bond acceptors (Lipinski definition) is 6. The maximum atomic E-state index is 12.2. The molecule has 0 aromatic heterocycles. The molecule has 24 heavy (non-hydrogen) atoms. The van der Waals surface area contributed by atoms with Crippen LogP contribution in [-0.2, 0) is 19.6 Å². The molecule has 144 valence electrons. The summed E-state index contributed by atoms with van der Waals surface area (Å²) in [5, 5.41) is 0. The summed E-state index contributed by atoms with van der Waals surface area (Å²) < 4.78 is 31.2. The van der Waals surface area contributed by atoms with E-state index in [2.05, 4.69) is 0 Å². The lowest BCUT2D eigenvalue weighted by Crippen LogP contribution is -2.54. The Morgan fingerprint density at radius 2 is 1.83 bits per heavy atom. The Morgan fingerprint density at radius 1 is 1.25 bits per heavy atom. The molecule has 1 aliphatic rings. The second-order valence-electron chi connectivity index (χ2n) is 5.85. The van der Waals surface area contributed by atoms with Gasteiger partial charge in [-0.05, 0) is 32.3 Å². The van der Waals surface area contributed by atoms with Gasteiger partial charge in [0.2, 0.25) is 15.9 Å². The van der Waals surface area contributed by atoms with Crippen LogP contribution in [0.25, 0.3) is 0 Å². The van der Waals surface area contributed by atoms with E-state index in [1.54, 1.807) is 16.7 Å². The number of carbonyl (C=O) groups is 1. The van der Waals surface area contributed by atoms with E-state index in [0.29, 0.717) is 32.6 Å². The van der Waals surface area contributed by atoms with Gasteiger partial charge in [-0.1, -0.05) is 0 Å². The molecule has 0 aliphatic carbocycles. The van der Waals surface area contributed by atoms with Crippen LogP contribution in [0.4, 0.5) is 0 Å². The topological polar surface area (TPSA) is 92.9 Å². The molecular weight excluding hydrogens is 374 g/mol. The van der Waals surface area contributed by atoms with Crippen molar-refractivity contribution in [3.63, 3.8) is 0 Å². The third kappa shape index (κ3) is 7.88. The average molecular weight is 404 g/mol. The zero-order valence-electron chi connectivity index (χ0n) is 14.6. The van der Waals surface area contributed by atoms with E-state index in [0.717, 1.165) is 5.75 Å². The van der Waals surface area contributed by atoms with Crippen LogP contribution < -0.4 is 5.73 Å². The molecule has 0 saturated carbocycles. The number of rotatable bonds is 9. The molecule has 2 N–H and O–H groups in total. The smallest absolute Gasteiger partial charge is 0.239 e. The van der Waals surface area contributed by atoms with Gasteiger partial charge < -0.3 is 15.4 Å². The second-order valence-corrected chi connectivity index (χ2v) is 8.92. The maximum absolute atomic E-state index is 12.2. The molecule has 1 rings (SSSR count). The summed E-state index contributed by atoms with van der Waals surface area (Å²) >= 11 is 1.66. The van der Waals surface area contributed by atoms with Crippen molar-refractivity contribution in [3.8, 4) is 0 Å². The lowest BCUT2D eigenvalue weighted by molar-refractivity contribution is -0.133. The van der Waals surface area contributed by atoms with Crippen LogP contribution in [0.3, 0.4) is 0 Å². The summed E-state index contributed by atoms with van der Waals surface area (Å²) in [5.74, 6) is 0.739. The first-order valence-corrected chi connectivity index (χ1v) is 10.9. The van der Waals surface area contributed by atoms with Gasteiger partial charge in [-0.2, -0.15) is 16.1 Å². The molecule has 0 unspecified atom stereocenters. The maximum Gasteiger partial charge on any atom is 0.239 e.